The molecule has 0 bridgehead atoms. The molecule has 0 radical (unpaired) electrons. The predicted octanol–water partition coefficient (Wildman–Crippen LogP) is 4.99. The van der Waals surface area contributed by atoms with Gasteiger partial charge in [-0.1, -0.05) is 5.16 Å². The number of nitriles is 1. The van der Waals surface area contributed by atoms with E-state index in [0.29, 0.717) is 41.7 Å². The Bertz CT molecular complexity index is 1460. The van der Waals surface area contributed by atoms with Gasteiger partial charge in [-0.2, -0.15) is 10.2 Å². The van der Waals surface area contributed by atoms with Crippen LogP contribution in [0.3, 0.4) is 0 Å². The molecule has 2 aromatic heterocycles. The zero-order valence-electron chi connectivity index (χ0n) is 20.7. The number of nitrogens with one attached hydrogen (secondary N) is 2. The molecule has 0 amide bonds. The molecule has 190 valence electrons. The Balaban J connectivity index is 1.37. The van der Waals surface area contributed by atoms with E-state index < -0.39 is 5.97 Å². The first-order chi connectivity index (χ1) is 18.0. The van der Waals surface area contributed by atoms with Crippen molar-refractivity contribution in [2.75, 3.05) is 13.1 Å². The molecule has 1 aliphatic rings. The molecule has 5 rings (SSSR count). The lowest BCUT2D eigenvalue weighted by molar-refractivity contribution is -0.136. The molecule has 0 unspecified atom stereocenters. The zero-order valence-corrected chi connectivity index (χ0v) is 20.7. The number of fused-ring (bicyclic) bond motifs is 1. The number of aromatic nitrogens is 3. The third-order valence-corrected chi connectivity index (χ3v) is 6.76. The van der Waals surface area contributed by atoms with Crippen molar-refractivity contribution in [1.82, 2.24) is 20.4 Å². The molecule has 0 saturated heterocycles. The first-order valence-corrected chi connectivity index (χ1v) is 12.6. The molecule has 9 heteroatoms. The molecule has 2 aromatic carbocycles. The summed E-state index contributed by atoms with van der Waals surface area (Å²) in [6, 6.07) is 13.5. The van der Waals surface area contributed by atoms with E-state index in [0.717, 1.165) is 54.3 Å². The summed E-state index contributed by atoms with van der Waals surface area (Å²) in [6.45, 7) is 3.15. The maximum absolute atomic E-state index is 10.7. The highest BCUT2D eigenvalue weighted by Gasteiger charge is 2.19. The highest BCUT2D eigenvalue weighted by Crippen LogP contribution is 2.31. The van der Waals surface area contributed by atoms with Gasteiger partial charge in [-0.15, -0.1) is 0 Å². The second-order valence-electron chi connectivity index (χ2n) is 9.44. The van der Waals surface area contributed by atoms with Crippen LogP contribution in [0.4, 0.5) is 0 Å². The van der Waals surface area contributed by atoms with E-state index in [1.165, 1.54) is 5.56 Å². The maximum atomic E-state index is 10.7. The number of aromatic amines is 1. The highest BCUT2D eigenvalue weighted by molar-refractivity contribution is 5.88. The van der Waals surface area contributed by atoms with Gasteiger partial charge in [0.05, 0.1) is 24.2 Å². The van der Waals surface area contributed by atoms with Gasteiger partial charge in [-0.25, -0.2) is 0 Å². The average molecular weight is 500 g/mol. The van der Waals surface area contributed by atoms with Crippen LogP contribution in [0.2, 0.25) is 0 Å². The molecule has 1 fully saturated rings. The number of rotatable bonds is 10. The maximum Gasteiger partial charge on any atom is 0.304 e. The second-order valence-corrected chi connectivity index (χ2v) is 9.44. The monoisotopic (exact) mass is 499 g/mol. The number of aryl methyl sites for hydroxylation is 1. The van der Waals surface area contributed by atoms with Crippen LogP contribution in [0.5, 0.6) is 5.75 Å². The van der Waals surface area contributed by atoms with Crippen LogP contribution in [0, 0.1) is 18.3 Å². The van der Waals surface area contributed by atoms with Gasteiger partial charge >= 0.3 is 5.97 Å². The van der Waals surface area contributed by atoms with Crippen LogP contribution >= 0.6 is 0 Å². The van der Waals surface area contributed by atoms with Crippen molar-refractivity contribution in [2.45, 2.75) is 51.6 Å². The van der Waals surface area contributed by atoms with Crippen LogP contribution in [-0.4, -0.2) is 45.4 Å². The molecule has 2 heterocycles. The van der Waals surface area contributed by atoms with Crippen molar-refractivity contribution >= 4 is 16.9 Å². The van der Waals surface area contributed by atoms with Gasteiger partial charge in [0.2, 0.25) is 5.82 Å². The SMILES string of the molecule is Cc1[nH]c2ccc(-c3noc(-c4cc(C#N)cc(OC5CCCC5)c4)n3)cc2c1CCNCCC(=O)O. The molecule has 0 spiro atoms. The van der Waals surface area contributed by atoms with Crippen molar-refractivity contribution in [3.63, 3.8) is 0 Å². The summed E-state index contributed by atoms with van der Waals surface area (Å²) in [4.78, 5) is 18.8. The Morgan fingerprint density at radius 1 is 1.22 bits per heavy atom. The fraction of sp³-hybridized carbons (Fsp3) is 0.357. The Labute approximate surface area is 214 Å². The summed E-state index contributed by atoms with van der Waals surface area (Å²) >= 11 is 0. The minimum atomic E-state index is -0.809. The van der Waals surface area contributed by atoms with Gasteiger partial charge in [0.15, 0.2) is 0 Å². The van der Waals surface area contributed by atoms with Crippen molar-refractivity contribution < 1.29 is 19.2 Å². The Kier molecular flexibility index (Phi) is 7.19. The van der Waals surface area contributed by atoms with Gasteiger partial charge in [0.25, 0.3) is 5.89 Å². The van der Waals surface area contributed by atoms with Gasteiger partial charge in [-0.3, -0.25) is 4.79 Å². The molecule has 3 N–H and O–H groups in total. The Morgan fingerprint density at radius 3 is 2.84 bits per heavy atom. The number of nitrogens with zero attached hydrogens (tertiary/aromatic N) is 3. The molecule has 0 atom stereocenters. The fourth-order valence-corrected chi connectivity index (χ4v) is 4.89. The van der Waals surface area contributed by atoms with Crippen LogP contribution < -0.4 is 10.1 Å². The van der Waals surface area contributed by atoms with Crippen molar-refractivity contribution in [1.29, 1.82) is 5.26 Å². The molecule has 1 aliphatic carbocycles. The van der Waals surface area contributed by atoms with E-state index in [4.69, 9.17) is 14.4 Å². The summed E-state index contributed by atoms with van der Waals surface area (Å²) in [7, 11) is 0. The number of H-pyrrole nitrogens is 1. The molecule has 4 aromatic rings. The third kappa shape index (κ3) is 5.65. The van der Waals surface area contributed by atoms with E-state index in [9.17, 15) is 10.1 Å². The van der Waals surface area contributed by atoms with Crippen molar-refractivity contribution in [3.05, 3.63) is 53.2 Å². The van der Waals surface area contributed by atoms with E-state index in [1.54, 1.807) is 12.1 Å². The van der Waals surface area contributed by atoms with Gasteiger partial charge < -0.3 is 24.7 Å². The Morgan fingerprint density at radius 2 is 2.05 bits per heavy atom. The fourth-order valence-electron chi connectivity index (χ4n) is 4.89. The summed E-state index contributed by atoms with van der Waals surface area (Å²) in [6.07, 6.45) is 5.42. The number of carbonyl (C=O) groups is 1. The van der Waals surface area contributed by atoms with Crippen LogP contribution in [0.1, 0.15) is 48.9 Å². The van der Waals surface area contributed by atoms with Crippen molar-refractivity contribution in [2.24, 2.45) is 0 Å². The van der Waals surface area contributed by atoms with Crippen LogP contribution in [-0.2, 0) is 11.2 Å². The number of carboxylic acid groups (broad SMARTS) is 1. The predicted molar refractivity (Wildman–Crippen MR) is 138 cm³/mol. The van der Waals surface area contributed by atoms with E-state index in [2.05, 4.69) is 26.5 Å². The molecule has 1 saturated carbocycles. The largest absolute Gasteiger partial charge is 0.490 e. The standard InChI is InChI=1S/C28H29N5O4/c1-17-23(8-10-30-11-9-26(34)35)24-15-19(6-7-25(24)31-17)27-32-28(37-33-27)20-12-18(16-29)13-22(14-20)36-21-4-2-3-5-21/h6-7,12-15,21,30-31H,2-5,8-11H2,1H3,(H,34,35). The van der Waals surface area contributed by atoms with E-state index in [1.807, 2.05) is 31.2 Å². The minimum absolute atomic E-state index is 0.0999. The third-order valence-electron chi connectivity index (χ3n) is 6.76. The van der Waals surface area contributed by atoms with Gasteiger partial charge in [-0.05, 0) is 87.5 Å². The molecular weight excluding hydrogens is 470 g/mol. The lowest BCUT2D eigenvalue weighted by Crippen LogP contribution is -2.20. The highest BCUT2D eigenvalue weighted by atomic mass is 16.5. The average Bonchev–Trinajstić information content (AvgIpc) is 3.64. The first-order valence-electron chi connectivity index (χ1n) is 12.6. The smallest absolute Gasteiger partial charge is 0.304 e. The lowest BCUT2D eigenvalue weighted by Gasteiger charge is -2.13. The number of aliphatic carboxylic acids is 1. The molecule has 9 nitrogen and oxygen atoms in total. The molecule has 37 heavy (non-hydrogen) atoms. The quantitative estimate of drug-likeness (QED) is 0.259. The topological polar surface area (TPSA) is 137 Å². The van der Waals surface area contributed by atoms with Gasteiger partial charge in [0, 0.05) is 34.3 Å². The summed E-state index contributed by atoms with van der Waals surface area (Å²) < 4.78 is 11.7. The summed E-state index contributed by atoms with van der Waals surface area (Å²) in [5.74, 6) is 0.627. The number of hydrogen-bond acceptors (Lipinski definition) is 7. The molecular formula is C28H29N5O4. The van der Waals surface area contributed by atoms with E-state index >= 15 is 0 Å². The van der Waals surface area contributed by atoms with Gasteiger partial charge in [0.1, 0.15) is 5.75 Å². The zero-order chi connectivity index (χ0) is 25.8. The summed E-state index contributed by atoms with van der Waals surface area (Å²) in [5.41, 5.74) is 5.21. The molecule has 0 aliphatic heterocycles. The van der Waals surface area contributed by atoms with Crippen molar-refractivity contribution in [3.8, 4) is 34.7 Å². The van der Waals surface area contributed by atoms with E-state index in [-0.39, 0.29) is 12.5 Å². The lowest BCUT2D eigenvalue weighted by atomic mass is 10.0. The van der Waals surface area contributed by atoms with Crippen LogP contribution in [0.25, 0.3) is 33.7 Å². The Hall–Kier alpha value is -4.16. The normalized spacial score (nSPS) is 13.7. The number of ether oxygens (including phenoxy) is 1. The number of benzene rings is 2. The summed E-state index contributed by atoms with van der Waals surface area (Å²) in [5, 5.41) is 26.8. The number of carboxylic acids is 1. The first kappa shape index (κ1) is 24.5. The number of hydrogen-bond donors (Lipinski definition) is 3. The van der Waals surface area contributed by atoms with Crippen LogP contribution in [0.15, 0.2) is 40.9 Å². The minimum Gasteiger partial charge on any atom is -0.490 e. The second kappa shape index (κ2) is 10.8.